The minimum Gasteiger partial charge on any atom is -0.367 e. The molecule has 0 bridgehead atoms. The fourth-order valence-electron chi connectivity index (χ4n) is 4.20. The second-order valence-corrected chi connectivity index (χ2v) is 9.81. The summed E-state index contributed by atoms with van der Waals surface area (Å²) in [6.07, 6.45) is 3.06. The van der Waals surface area contributed by atoms with Crippen molar-refractivity contribution >= 4 is 53.8 Å². The Morgan fingerprint density at radius 2 is 1.89 bits per heavy atom. The zero-order valence-electron chi connectivity index (χ0n) is 18.9. The van der Waals surface area contributed by atoms with Crippen LogP contribution in [0.1, 0.15) is 12.8 Å². The Balaban J connectivity index is 1.29. The third-order valence-corrected chi connectivity index (χ3v) is 7.40. The van der Waals surface area contributed by atoms with E-state index in [4.69, 9.17) is 11.6 Å². The Labute approximate surface area is 213 Å². The van der Waals surface area contributed by atoms with Crippen LogP contribution in [0.3, 0.4) is 0 Å². The van der Waals surface area contributed by atoms with Crippen LogP contribution in [0.2, 0.25) is 5.02 Å². The number of carbonyl (C=O) groups excluding carboxylic acids is 1. The molecular formula is C25H23BClFN5OS. The SMILES string of the molecule is O=C(CSc1ccccc1)N1CCC(Nc2cc(-c3ccccc3Cl)nc3c([B]F)cnn23)CC1. The van der Waals surface area contributed by atoms with E-state index in [1.807, 2.05) is 59.5 Å². The maximum atomic E-state index is 13.5. The van der Waals surface area contributed by atoms with Crippen molar-refractivity contribution in [1.29, 1.82) is 0 Å². The summed E-state index contributed by atoms with van der Waals surface area (Å²) in [6, 6.07) is 19.4. The van der Waals surface area contributed by atoms with Gasteiger partial charge in [0.15, 0.2) is 5.65 Å². The Morgan fingerprint density at radius 1 is 1.14 bits per heavy atom. The number of thioether (sulfide) groups is 1. The van der Waals surface area contributed by atoms with E-state index < -0.39 is 0 Å². The summed E-state index contributed by atoms with van der Waals surface area (Å²) in [4.78, 5) is 20.3. The first kappa shape index (κ1) is 23.7. The lowest BCUT2D eigenvalue weighted by atomic mass is 9.95. The highest BCUT2D eigenvalue weighted by Gasteiger charge is 2.24. The van der Waals surface area contributed by atoms with Gasteiger partial charge < -0.3 is 14.5 Å². The Hall–Kier alpha value is -3.04. The molecule has 1 N–H and O–H groups in total. The van der Waals surface area contributed by atoms with Crippen molar-refractivity contribution in [3.8, 4) is 11.3 Å². The van der Waals surface area contributed by atoms with Crippen molar-refractivity contribution < 1.29 is 9.11 Å². The number of rotatable bonds is 7. The van der Waals surface area contributed by atoms with Crippen molar-refractivity contribution in [1.82, 2.24) is 19.5 Å². The summed E-state index contributed by atoms with van der Waals surface area (Å²) in [7, 11) is 0.507. The number of nitrogens with one attached hydrogen (secondary N) is 1. The molecule has 0 unspecified atom stereocenters. The molecule has 1 saturated heterocycles. The van der Waals surface area contributed by atoms with Gasteiger partial charge in [-0.05, 0) is 31.0 Å². The first-order valence-corrected chi connectivity index (χ1v) is 12.8. The zero-order chi connectivity index (χ0) is 24.2. The lowest BCUT2D eigenvalue weighted by molar-refractivity contribution is -0.129. The molecule has 1 radical (unpaired) electrons. The average molecular weight is 507 g/mol. The van der Waals surface area contributed by atoms with Gasteiger partial charge in [0.1, 0.15) is 5.82 Å². The predicted octanol–water partition coefficient (Wildman–Crippen LogP) is 4.46. The van der Waals surface area contributed by atoms with Crippen molar-refractivity contribution in [2.45, 2.75) is 23.8 Å². The summed E-state index contributed by atoms with van der Waals surface area (Å²) >= 11 is 7.97. The number of aromatic nitrogens is 3. The number of halogens is 2. The largest absolute Gasteiger partial charge is 0.397 e. The number of likely N-dealkylation sites (tertiary alicyclic amines) is 1. The fourth-order valence-corrected chi connectivity index (χ4v) is 5.26. The van der Waals surface area contributed by atoms with E-state index in [1.54, 1.807) is 22.3 Å². The zero-order valence-corrected chi connectivity index (χ0v) is 20.5. The standard InChI is InChI=1S/C25H23BClFN5OS/c27-21-9-5-4-8-19(21)22-14-23(33-25(31-22)20(26-28)15-29-33)30-17-10-12-32(13-11-17)24(34)16-35-18-6-2-1-3-7-18/h1-9,14-15,17,30H,10-13,16H2. The van der Waals surface area contributed by atoms with Gasteiger partial charge in [0, 0.05) is 52.3 Å². The molecule has 3 heterocycles. The van der Waals surface area contributed by atoms with Gasteiger partial charge in [0.05, 0.1) is 11.4 Å². The normalized spacial score (nSPS) is 14.3. The quantitative estimate of drug-likeness (QED) is 0.296. The number of fused-ring (bicyclic) bond motifs is 1. The van der Waals surface area contributed by atoms with Crippen LogP contribution in [0.4, 0.5) is 10.1 Å². The van der Waals surface area contributed by atoms with Gasteiger partial charge in [-0.15, -0.1) is 11.8 Å². The van der Waals surface area contributed by atoms with Gasteiger partial charge in [-0.2, -0.15) is 9.61 Å². The molecule has 0 spiro atoms. The summed E-state index contributed by atoms with van der Waals surface area (Å²) in [5.41, 5.74) is 2.12. The number of piperidine rings is 1. The highest BCUT2D eigenvalue weighted by molar-refractivity contribution is 8.00. The van der Waals surface area contributed by atoms with Crippen LogP contribution >= 0.6 is 23.4 Å². The summed E-state index contributed by atoms with van der Waals surface area (Å²) in [6.45, 7) is 1.36. The molecule has 1 fully saturated rings. The third kappa shape index (κ3) is 5.31. The van der Waals surface area contributed by atoms with Gasteiger partial charge in [-0.1, -0.05) is 48.0 Å². The van der Waals surface area contributed by atoms with Crippen molar-refractivity contribution in [3.05, 3.63) is 71.9 Å². The van der Waals surface area contributed by atoms with Gasteiger partial charge in [-0.25, -0.2) is 4.98 Å². The molecule has 177 valence electrons. The van der Waals surface area contributed by atoms with Gasteiger partial charge >= 0.3 is 7.56 Å². The molecule has 0 aliphatic carbocycles. The number of carbonyl (C=O) groups is 1. The van der Waals surface area contributed by atoms with Crippen LogP contribution in [0.25, 0.3) is 16.9 Å². The predicted molar refractivity (Wildman–Crippen MR) is 140 cm³/mol. The topological polar surface area (TPSA) is 62.5 Å². The van der Waals surface area contributed by atoms with E-state index in [9.17, 15) is 9.11 Å². The van der Waals surface area contributed by atoms with E-state index in [1.165, 1.54) is 6.20 Å². The first-order valence-electron chi connectivity index (χ1n) is 11.4. The molecule has 1 aliphatic heterocycles. The fraction of sp³-hybridized carbons (Fsp3) is 0.240. The maximum Gasteiger partial charge on any atom is 0.397 e. The number of nitrogens with zero attached hydrogens (tertiary/aromatic N) is 4. The number of hydrogen-bond donors (Lipinski definition) is 1. The van der Waals surface area contributed by atoms with Crippen LogP contribution in [0.5, 0.6) is 0 Å². The van der Waals surface area contributed by atoms with Crippen LogP contribution < -0.4 is 10.8 Å². The molecule has 35 heavy (non-hydrogen) atoms. The smallest absolute Gasteiger partial charge is 0.367 e. The number of amides is 1. The maximum absolute atomic E-state index is 13.5. The summed E-state index contributed by atoms with van der Waals surface area (Å²) in [5.74, 6) is 1.30. The number of hydrogen-bond acceptors (Lipinski definition) is 5. The van der Waals surface area contributed by atoms with Crippen LogP contribution in [-0.2, 0) is 4.79 Å². The molecule has 1 amide bonds. The third-order valence-electron chi connectivity index (χ3n) is 6.07. The summed E-state index contributed by atoms with van der Waals surface area (Å²) in [5, 5.41) is 8.44. The molecular weight excluding hydrogens is 484 g/mol. The van der Waals surface area contributed by atoms with E-state index >= 15 is 0 Å². The molecule has 10 heteroatoms. The minimum atomic E-state index is 0.146. The van der Waals surface area contributed by atoms with E-state index in [0.717, 1.165) is 23.3 Å². The van der Waals surface area contributed by atoms with E-state index in [-0.39, 0.29) is 11.9 Å². The lowest BCUT2D eigenvalue weighted by Gasteiger charge is -2.33. The lowest BCUT2D eigenvalue weighted by Crippen LogP contribution is -2.43. The van der Waals surface area contributed by atoms with Gasteiger partial charge in [0.25, 0.3) is 0 Å². The van der Waals surface area contributed by atoms with Crippen LogP contribution in [0.15, 0.2) is 71.8 Å². The van der Waals surface area contributed by atoms with Gasteiger partial charge in [0.2, 0.25) is 5.91 Å². The highest BCUT2D eigenvalue weighted by Crippen LogP contribution is 2.29. The Morgan fingerprint density at radius 3 is 2.63 bits per heavy atom. The summed E-state index contributed by atoms with van der Waals surface area (Å²) < 4.78 is 15.1. The first-order chi connectivity index (χ1) is 17.1. The second kappa shape index (κ2) is 10.7. The number of anilines is 1. The molecule has 2 aromatic carbocycles. The van der Waals surface area contributed by atoms with Crippen LogP contribution in [-0.4, -0.2) is 57.8 Å². The molecule has 5 rings (SSSR count). The van der Waals surface area contributed by atoms with Crippen molar-refractivity contribution in [2.75, 3.05) is 24.2 Å². The average Bonchev–Trinajstić information content (AvgIpc) is 3.32. The molecule has 6 nitrogen and oxygen atoms in total. The van der Waals surface area contributed by atoms with Gasteiger partial charge in [-0.3, -0.25) is 4.79 Å². The Bertz CT molecular complexity index is 1330. The number of benzene rings is 2. The minimum absolute atomic E-state index is 0.146. The monoisotopic (exact) mass is 506 g/mol. The molecule has 0 saturated carbocycles. The van der Waals surface area contributed by atoms with Crippen molar-refractivity contribution in [3.63, 3.8) is 0 Å². The van der Waals surface area contributed by atoms with E-state index in [2.05, 4.69) is 15.4 Å². The molecule has 1 aliphatic rings. The van der Waals surface area contributed by atoms with E-state index in [0.29, 0.717) is 54.0 Å². The highest BCUT2D eigenvalue weighted by atomic mass is 35.5. The molecule has 4 aromatic rings. The second-order valence-electron chi connectivity index (χ2n) is 8.35. The Kier molecular flexibility index (Phi) is 7.25. The van der Waals surface area contributed by atoms with Crippen LogP contribution in [0, 0.1) is 0 Å². The van der Waals surface area contributed by atoms with Crippen molar-refractivity contribution in [2.24, 2.45) is 0 Å². The molecule has 0 atom stereocenters. The molecule has 2 aromatic heterocycles.